The third-order valence-electron chi connectivity index (χ3n) is 17.3. The Bertz CT molecular complexity index is 878. The monoisotopic (exact) mass is 637 g/mol. The largest absolute Gasteiger partial charge is 0.0687 e. The van der Waals surface area contributed by atoms with Crippen molar-refractivity contribution in [2.24, 2.45) is 81.8 Å². The highest BCUT2D eigenvalue weighted by molar-refractivity contribution is 6.81. The van der Waals surface area contributed by atoms with Crippen molar-refractivity contribution in [1.29, 1.82) is 0 Å². The first-order valence-corrected chi connectivity index (χ1v) is 24.1. The van der Waals surface area contributed by atoms with Crippen molar-refractivity contribution in [2.75, 3.05) is 0 Å². The zero-order valence-electron chi connectivity index (χ0n) is 32.3. The molecular formula is C44H80Si. The fourth-order valence-electron chi connectivity index (χ4n) is 15.6. The maximum atomic E-state index is 3.06. The van der Waals surface area contributed by atoms with Crippen LogP contribution in [0.3, 0.4) is 0 Å². The summed E-state index contributed by atoms with van der Waals surface area (Å²) in [5.41, 5.74) is 3.29. The molecule has 0 heterocycles. The Balaban J connectivity index is 1.19. The van der Waals surface area contributed by atoms with Gasteiger partial charge in [-0.3, -0.25) is 0 Å². The zero-order chi connectivity index (χ0) is 32.3. The second-order valence-electron chi connectivity index (χ2n) is 21.5. The summed E-state index contributed by atoms with van der Waals surface area (Å²) < 4.78 is 0. The topological polar surface area (TPSA) is 0 Å². The lowest BCUT2D eigenvalue weighted by Gasteiger charge is -2.52. The Labute approximate surface area is 284 Å². The molecule has 0 aromatic rings. The van der Waals surface area contributed by atoms with Gasteiger partial charge in [0, 0.05) is 0 Å². The average molecular weight is 637 g/mol. The van der Waals surface area contributed by atoms with Gasteiger partial charge in [0.1, 0.15) is 0 Å². The van der Waals surface area contributed by atoms with Crippen LogP contribution in [-0.4, -0.2) is 8.07 Å². The molecule has 6 saturated carbocycles. The lowest BCUT2D eigenvalue weighted by molar-refractivity contribution is 0.0619. The summed E-state index contributed by atoms with van der Waals surface area (Å²) in [4.78, 5) is 0. The number of hydrogen-bond donors (Lipinski definition) is 0. The van der Waals surface area contributed by atoms with Crippen molar-refractivity contribution in [3.05, 3.63) is 0 Å². The van der Waals surface area contributed by atoms with Gasteiger partial charge in [0.25, 0.3) is 0 Å². The van der Waals surface area contributed by atoms with Crippen LogP contribution >= 0.6 is 0 Å². The quantitative estimate of drug-likeness (QED) is 0.254. The Kier molecular flexibility index (Phi) is 10.5. The maximum Gasteiger partial charge on any atom is 0.0577 e. The van der Waals surface area contributed by atoms with Crippen molar-refractivity contribution in [3.63, 3.8) is 0 Å². The van der Waals surface area contributed by atoms with Crippen LogP contribution in [0.2, 0.25) is 23.7 Å². The van der Waals surface area contributed by atoms with Crippen molar-refractivity contribution in [1.82, 2.24) is 0 Å². The second-order valence-corrected chi connectivity index (χ2v) is 26.4. The van der Waals surface area contributed by atoms with Crippen molar-refractivity contribution in [2.45, 2.75) is 195 Å². The summed E-state index contributed by atoms with van der Waals surface area (Å²) in [6.07, 6.45) is 26.5. The molecule has 6 rings (SSSR count). The molecular weight excluding hydrogens is 557 g/mol. The van der Waals surface area contributed by atoms with Gasteiger partial charge in [0.05, 0.1) is 8.07 Å². The van der Waals surface area contributed by atoms with Gasteiger partial charge in [-0.2, -0.15) is 0 Å². The van der Waals surface area contributed by atoms with E-state index in [0.717, 1.165) is 82.1 Å². The van der Waals surface area contributed by atoms with E-state index in [4.69, 9.17) is 0 Å². The zero-order valence-corrected chi connectivity index (χ0v) is 33.3. The fourth-order valence-corrected chi connectivity index (χ4v) is 23.5. The number of hydrogen-bond acceptors (Lipinski definition) is 0. The Hall–Kier alpha value is 0.217. The molecule has 0 spiro atoms. The molecule has 0 saturated heterocycles. The maximum absolute atomic E-state index is 3.06. The van der Waals surface area contributed by atoms with Gasteiger partial charge in [-0.1, -0.05) is 107 Å². The molecule has 6 aliphatic carbocycles. The van der Waals surface area contributed by atoms with E-state index in [1.54, 1.807) is 83.1 Å². The molecule has 0 aromatic carbocycles. The summed E-state index contributed by atoms with van der Waals surface area (Å²) >= 11 is 0. The minimum Gasteiger partial charge on any atom is -0.0687 e. The smallest absolute Gasteiger partial charge is 0.0577 e. The highest BCUT2D eigenvalue weighted by Crippen LogP contribution is 2.68. The molecule has 0 bridgehead atoms. The third-order valence-corrected chi connectivity index (χ3v) is 23.9. The van der Waals surface area contributed by atoms with Crippen LogP contribution in [0, 0.1) is 81.8 Å². The van der Waals surface area contributed by atoms with E-state index in [9.17, 15) is 0 Å². The Morgan fingerprint density at radius 2 is 0.844 bits per heavy atom. The van der Waals surface area contributed by atoms with Crippen molar-refractivity contribution < 1.29 is 0 Å². The molecule has 0 nitrogen and oxygen atoms in total. The van der Waals surface area contributed by atoms with Crippen molar-refractivity contribution in [3.8, 4) is 0 Å². The van der Waals surface area contributed by atoms with Crippen LogP contribution in [0.5, 0.6) is 0 Å². The molecule has 1 heteroatoms. The number of fused-ring (bicyclic) bond motifs is 2. The SMILES string of the molecule is CCC[Si](C)(C1C(C)CC2C(C3CCC(C(C)(C)C)CC3)CCCC21)C1C(C)CC2C(C3CCC(C(C)(C)C)CC3)CCCC21. The molecule has 0 aliphatic heterocycles. The lowest BCUT2D eigenvalue weighted by atomic mass is 9.61. The van der Waals surface area contributed by atoms with Crippen LogP contribution in [0.25, 0.3) is 0 Å². The van der Waals surface area contributed by atoms with Crippen LogP contribution in [0.4, 0.5) is 0 Å². The van der Waals surface area contributed by atoms with Gasteiger partial charge in [-0.05, 0) is 170 Å². The molecule has 0 radical (unpaired) electrons. The van der Waals surface area contributed by atoms with E-state index in [0.29, 0.717) is 10.8 Å². The second kappa shape index (κ2) is 13.5. The summed E-state index contributed by atoms with van der Waals surface area (Å²) in [7, 11) is -1.46. The van der Waals surface area contributed by atoms with E-state index in [-0.39, 0.29) is 0 Å². The third kappa shape index (κ3) is 6.73. The van der Waals surface area contributed by atoms with E-state index >= 15 is 0 Å². The van der Waals surface area contributed by atoms with E-state index in [2.05, 4.69) is 68.9 Å². The van der Waals surface area contributed by atoms with Gasteiger partial charge < -0.3 is 0 Å². The highest BCUT2D eigenvalue weighted by Gasteiger charge is 2.61. The highest BCUT2D eigenvalue weighted by atomic mass is 28.3. The molecule has 45 heavy (non-hydrogen) atoms. The van der Waals surface area contributed by atoms with E-state index in [1.165, 1.54) is 32.1 Å². The fraction of sp³-hybridized carbons (Fsp3) is 1.00. The molecule has 0 N–H and O–H groups in total. The first-order chi connectivity index (χ1) is 21.2. The summed E-state index contributed by atoms with van der Waals surface area (Å²) in [6.45, 7) is 26.3. The van der Waals surface area contributed by atoms with Gasteiger partial charge in [0.2, 0.25) is 0 Å². The minimum absolute atomic E-state index is 0.514. The molecule has 10 unspecified atom stereocenters. The molecule has 260 valence electrons. The van der Waals surface area contributed by atoms with Gasteiger partial charge >= 0.3 is 0 Å². The summed E-state index contributed by atoms with van der Waals surface area (Å²) in [6, 6.07) is 1.65. The van der Waals surface area contributed by atoms with Crippen LogP contribution < -0.4 is 0 Å². The molecule has 0 aromatic heterocycles. The molecule has 0 amide bonds. The van der Waals surface area contributed by atoms with E-state index in [1.807, 2.05) is 0 Å². The van der Waals surface area contributed by atoms with E-state index < -0.39 is 8.07 Å². The minimum atomic E-state index is -1.46. The molecule has 10 atom stereocenters. The molecule has 6 aliphatic rings. The lowest BCUT2D eigenvalue weighted by Crippen LogP contribution is -2.50. The predicted molar refractivity (Wildman–Crippen MR) is 200 cm³/mol. The van der Waals surface area contributed by atoms with Crippen LogP contribution in [-0.2, 0) is 0 Å². The number of rotatable bonds is 6. The predicted octanol–water partition coefficient (Wildman–Crippen LogP) is 14.1. The first kappa shape index (κ1) is 35.1. The average Bonchev–Trinajstić information content (AvgIpc) is 3.52. The van der Waals surface area contributed by atoms with Crippen LogP contribution in [0.1, 0.15) is 171 Å². The van der Waals surface area contributed by atoms with Crippen LogP contribution in [0.15, 0.2) is 0 Å². The first-order valence-electron chi connectivity index (χ1n) is 21.2. The van der Waals surface area contributed by atoms with Crippen molar-refractivity contribution >= 4 is 8.07 Å². The summed E-state index contributed by atoms with van der Waals surface area (Å²) in [5, 5.41) is 0. The van der Waals surface area contributed by atoms with Gasteiger partial charge in [-0.25, -0.2) is 0 Å². The Morgan fingerprint density at radius 3 is 1.18 bits per heavy atom. The van der Waals surface area contributed by atoms with Gasteiger partial charge in [-0.15, -0.1) is 0 Å². The molecule has 6 fully saturated rings. The standard InChI is InChI=1S/C44H80Si/c1-11-26-45(10,41-29(2)27-39-35(14-12-16-37(39)41)31-18-22-33(23-19-31)43(4,5)6)42-30(3)28-40-36(15-13-17-38(40)42)32-20-24-34(25-21-32)44(7,8)9/h29-42H,11-28H2,1-10H3. The summed E-state index contributed by atoms with van der Waals surface area (Å²) in [5.74, 6) is 12.6. The Morgan fingerprint density at radius 1 is 0.489 bits per heavy atom. The normalized spacial score (nSPS) is 47.6. The van der Waals surface area contributed by atoms with Gasteiger partial charge in [0.15, 0.2) is 0 Å².